The largest absolute Gasteiger partial charge is 0.379 e. The minimum atomic E-state index is -0.145. The van der Waals surface area contributed by atoms with Crippen molar-refractivity contribution in [2.75, 3.05) is 39.5 Å². The molecule has 0 aromatic heterocycles. The summed E-state index contributed by atoms with van der Waals surface area (Å²) in [6, 6.07) is 0. The van der Waals surface area contributed by atoms with Gasteiger partial charge in [0.2, 0.25) is 0 Å². The van der Waals surface area contributed by atoms with E-state index in [1.807, 2.05) is 0 Å². The lowest BCUT2D eigenvalue weighted by Gasteiger charge is -2.39. The molecule has 0 bridgehead atoms. The van der Waals surface area contributed by atoms with Crippen LogP contribution in [0.15, 0.2) is 0 Å². The topological polar surface area (TPSA) is 70.5 Å². The summed E-state index contributed by atoms with van der Waals surface area (Å²) in [4.78, 5) is 0. The smallest absolute Gasteiger partial charge is 0.0589 e. The van der Waals surface area contributed by atoms with Crippen LogP contribution in [0.4, 0.5) is 0 Å². The summed E-state index contributed by atoms with van der Waals surface area (Å²) in [5.41, 5.74) is 11.6. The molecular weight excluding hydrogens is 360 g/mol. The molecule has 172 valence electrons. The van der Waals surface area contributed by atoms with Crippen molar-refractivity contribution in [3.8, 4) is 11.8 Å². The maximum Gasteiger partial charge on any atom is 0.0589 e. The van der Waals surface area contributed by atoms with Crippen molar-refractivity contribution in [2.24, 2.45) is 33.1 Å². The summed E-state index contributed by atoms with van der Waals surface area (Å²) in [5.74, 6) is 7.09. The van der Waals surface area contributed by atoms with Crippen molar-refractivity contribution in [3.05, 3.63) is 0 Å². The van der Waals surface area contributed by atoms with Gasteiger partial charge in [0.15, 0.2) is 0 Å². The highest BCUT2D eigenvalue weighted by Gasteiger charge is 2.36. The molecule has 0 aliphatic heterocycles. The van der Waals surface area contributed by atoms with E-state index in [-0.39, 0.29) is 21.7 Å². The number of nitrogens with two attached hydrogens (primary N) is 2. The monoisotopic (exact) mass is 410 g/mol. The molecule has 29 heavy (non-hydrogen) atoms. The highest BCUT2D eigenvalue weighted by atomic mass is 16.5. The van der Waals surface area contributed by atoms with Gasteiger partial charge in [0.1, 0.15) is 0 Å². The zero-order valence-electron chi connectivity index (χ0n) is 20.7. The predicted octanol–water partition coefficient (Wildman–Crippen LogP) is 5.00. The van der Waals surface area contributed by atoms with Gasteiger partial charge in [0, 0.05) is 30.3 Å². The lowest BCUT2D eigenvalue weighted by molar-refractivity contribution is -0.0405. The summed E-state index contributed by atoms with van der Waals surface area (Å²) in [5, 5.41) is 0. The summed E-state index contributed by atoms with van der Waals surface area (Å²) >= 11 is 0. The number of ether oxygens (including phenoxy) is 2. The number of hydrogen-bond donors (Lipinski definition) is 2. The predicted molar refractivity (Wildman–Crippen MR) is 126 cm³/mol. The van der Waals surface area contributed by atoms with Gasteiger partial charge < -0.3 is 20.9 Å². The first-order chi connectivity index (χ1) is 13.3. The molecule has 0 heterocycles. The van der Waals surface area contributed by atoms with E-state index in [9.17, 15) is 0 Å². The van der Waals surface area contributed by atoms with E-state index < -0.39 is 0 Å². The second kappa shape index (κ2) is 13.0. The summed E-state index contributed by atoms with van der Waals surface area (Å²) in [7, 11) is 0. The summed E-state index contributed by atoms with van der Waals surface area (Å²) < 4.78 is 11.9. The van der Waals surface area contributed by atoms with Gasteiger partial charge in [-0.25, -0.2) is 0 Å². The van der Waals surface area contributed by atoms with Gasteiger partial charge in [-0.15, -0.1) is 5.92 Å². The van der Waals surface area contributed by atoms with Crippen LogP contribution in [0, 0.1) is 33.5 Å². The van der Waals surface area contributed by atoms with E-state index in [0.29, 0.717) is 39.5 Å². The summed E-state index contributed by atoms with van der Waals surface area (Å²) in [6.07, 6.45) is 5.18. The molecule has 0 atom stereocenters. The third kappa shape index (κ3) is 14.1. The molecule has 0 aromatic rings. The van der Waals surface area contributed by atoms with Crippen LogP contribution >= 0.6 is 0 Å². The first kappa shape index (κ1) is 28.4. The Bertz CT molecular complexity index is 485. The third-order valence-corrected chi connectivity index (χ3v) is 4.98. The molecule has 4 heteroatoms. The van der Waals surface area contributed by atoms with Crippen LogP contribution in [-0.4, -0.2) is 39.5 Å². The van der Waals surface area contributed by atoms with Crippen molar-refractivity contribution in [1.82, 2.24) is 0 Å². The molecule has 0 rings (SSSR count). The Morgan fingerprint density at radius 1 is 0.793 bits per heavy atom. The quantitative estimate of drug-likeness (QED) is 0.312. The van der Waals surface area contributed by atoms with E-state index in [0.717, 1.165) is 19.3 Å². The van der Waals surface area contributed by atoms with Gasteiger partial charge in [-0.1, -0.05) is 53.9 Å². The Morgan fingerprint density at radius 2 is 1.31 bits per heavy atom. The average molecular weight is 411 g/mol. The molecular formula is C25H50N2O2. The molecule has 0 aliphatic rings. The molecule has 4 N–H and O–H groups in total. The van der Waals surface area contributed by atoms with Crippen LogP contribution < -0.4 is 11.5 Å². The normalized spacial score (nSPS) is 13.3. The van der Waals surface area contributed by atoms with E-state index >= 15 is 0 Å². The zero-order valence-corrected chi connectivity index (χ0v) is 20.7. The fraction of sp³-hybridized carbons (Fsp3) is 0.920. The molecule has 0 unspecified atom stereocenters. The first-order valence-corrected chi connectivity index (χ1v) is 11.4. The Kier molecular flexibility index (Phi) is 12.7. The molecule has 0 radical (unpaired) electrons. The van der Waals surface area contributed by atoms with Crippen LogP contribution in [0.3, 0.4) is 0 Å². The van der Waals surface area contributed by atoms with E-state index in [1.54, 1.807) is 0 Å². The van der Waals surface area contributed by atoms with Crippen LogP contribution in [0.5, 0.6) is 0 Å². The Labute approximate surface area is 181 Å². The Morgan fingerprint density at radius 3 is 1.72 bits per heavy atom. The maximum atomic E-state index is 5.96. The molecule has 0 spiro atoms. The fourth-order valence-electron chi connectivity index (χ4n) is 4.67. The minimum absolute atomic E-state index is 0.0147. The minimum Gasteiger partial charge on any atom is -0.379 e. The number of hydrogen-bond acceptors (Lipinski definition) is 4. The molecule has 0 aromatic carbocycles. The van der Waals surface area contributed by atoms with E-state index in [4.69, 9.17) is 20.9 Å². The lowest BCUT2D eigenvalue weighted by atomic mass is 9.69. The second-order valence-electron chi connectivity index (χ2n) is 11.4. The molecule has 0 saturated heterocycles. The van der Waals surface area contributed by atoms with Gasteiger partial charge in [-0.05, 0) is 43.9 Å². The molecule has 0 aliphatic carbocycles. The Hall–Kier alpha value is -0.600. The maximum absolute atomic E-state index is 5.96. The highest BCUT2D eigenvalue weighted by molar-refractivity contribution is 5.12. The fourth-order valence-corrected chi connectivity index (χ4v) is 4.67. The van der Waals surface area contributed by atoms with Crippen LogP contribution in [0.2, 0.25) is 0 Å². The molecule has 0 amide bonds. The van der Waals surface area contributed by atoms with Crippen molar-refractivity contribution in [3.63, 3.8) is 0 Å². The number of rotatable bonds is 14. The van der Waals surface area contributed by atoms with Gasteiger partial charge in [-0.3, -0.25) is 0 Å². The van der Waals surface area contributed by atoms with Gasteiger partial charge in [-0.2, -0.15) is 0 Å². The van der Waals surface area contributed by atoms with Crippen molar-refractivity contribution >= 4 is 0 Å². The van der Waals surface area contributed by atoms with Gasteiger partial charge in [0.05, 0.1) is 26.4 Å². The second-order valence-corrected chi connectivity index (χ2v) is 11.4. The first-order valence-electron chi connectivity index (χ1n) is 11.4. The highest BCUT2D eigenvalue weighted by Crippen LogP contribution is 2.40. The summed E-state index contributed by atoms with van der Waals surface area (Å²) in [6.45, 7) is 21.7. The average Bonchev–Trinajstić information content (AvgIpc) is 2.52. The molecule has 0 saturated carbocycles. The molecule has 4 nitrogen and oxygen atoms in total. The van der Waals surface area contributed by atoms with Crippen molar-refractivity contribution < 1.29 is 9.47 Å². The van der Waals surface area contributed by atoms with Gasteiger partial charge in [0.25, 0.3) is 0 Å². The van der Waals surface area contributed by atoms with E-state index in [2.05, 4.69) is 67.2 Å². The standard InChI is InChI=1S/C25H50N2O2/c1-9-11-23(5,6)19-25(20-28-16-14-26,21-29-17-15-27)13-10-12-24(7,8)18-22(2,3)4/h9,11,13-21,26-27H2,1-8H3. The zero-order chi connectivity index (χ0) is 22.6. The van der Waals surface area contributed by atoms with Gasteiger partial charge >= 0.3 is 0 Å². The van der Waals surface area contributed by atoms with Crippen LogP contribution in [-0.2, 0) is 9.47 Å². The molecule has 0 fully saturated rings. The van der Waals surface area contributed by atoms with Crippen LogP contribution in [0.1, 0.15) is 87.5 Å². The van der Waals surface area contributed by atoms with Crippen molar-refractivity contribution in [1.29, 1.82) is 0 Å². The lowest BCUT2D eigenvalue weighted by Crippen LogP contribution is -2.38. The van der Waals surface area contributed by atoms with Crippen molar-refractivity contribution in [2.45, 2.75) is 87.5 Å². The Balaban J connectivity index is 5.61. The third-order valence-electron chi connectivity index (χ3n) is 4.98. The van der Waals surface area contributed by atoms with Crippen LogP contribution in [0.25, 0.3) is 0 Å². The SMILES string of the molecule is CCCC(C)(C)CC(CC#CC(C)(C)CC(C)(C)C)(COCCN)COCCN. The van der Waals surface area contributed by atoms with E-state index in [1.165, 1.54) is 12.8 Å².